The minimum Gasteiger partial charge on any atom is -0.472 e. The molecular weight excluding hydrogens is 302 g/mol. The number of fused-ring (bicyclic) bond motifs is 1. The third kappa shape index (κ3) is 2.61. The Bertz CT molecular complexity index is 870. The van der Waals surface area contributed by atoms with Crippen LogP contribution in [0.15, 0.2) is 71.5 Å². The molecule has 0 bridgehead atoms. The maximum Gasteiger partial charge on any atom is 0.251 e. The molecule has 0 fully saturated rings. The van der Waals surface area contributed by atoms with Gasteiger partial charge in [-0.2, -0.15) is 0 Å². The number of aliphatic hydroxyl groups excluding tert-OH is 1. The van der Waals surface area contributed by atoms with Crippen LogP contribution < -0.4 is 5.32 Å². The fourth-order valence-corrected chi connectivity index (χ4v) is 3.24. The van der Waals surface area contributed by atoms with Crippen molar-refractivity contribution < 1.29 is 14.3 Å². The standard InChI is InChI=1S/C20H17NO3/c22-18-11-14-4-1-2-7-17(14)19(18)21-20(23)15-6-3-5-13(10-15)16-8-9-24-12-16/h1-10,12,18-19,22H,11H2,(H,21,23). The van der Waals surface area contributed by atoms with Crippen LogP contribution in [0.3, 0.4) is 0 Å². The SMILES string of the molecule is O=C(NC1c2ccccc2CC1O)c1cccc(-c2ccoc2)c1. The van der Waals surface area contributed by atoms with Gasteiger partial charge in [0.1, 0.15) is 0 Å². The Balaban J connectivity index is 1.58. The van der Waals surface area contributed by atoms with Crippen molar-refractivity contribution in [1.29, 1.82) is 0 Å². The van der Waals surface area contributed by atoms with Crippen molar-refractivity contribution in [2.45, 2.75) is 18.6 Å². The van der Waals surface area contributed by atoms with Gasteiger partial charge in [-0.05, 0) is 34.9 Å². The van der Waals surface area contributed by atoms with E-state index in [0.717, 1.165) is 22.3 Å². The molecule has 1 aromatic heterocycles. The summed E-state index contributed by atoms with van der Waals surface area (Å²) in [6.07, 6.45) is 3.22. The van der Waals surface area contributed by atoms with Gasteiger partial charge in [-0.1, -0.05) is 36.4 Å². The first kappa shape index (κ1) is 14.7. The third-order valence-corrected chi connectivity index (χ3v) is 4.47. The monoisotopic (exact) mass is 319 g/mol. The van der Waals surface area contributed by atoms with Crippen molar-refractivity contribution >= 4 is 5.91 Å². The first-order valence-electron chi connectivity index (χ1n) is 7.92. The van der Waals surface area contributed by atoms with E-state index in [1.807, 2.05) is 48.5 Å². The fraction of sp³-hybridized carbons (Fsp3) is 0.150. The van der Waals surface area contributed by atoms with Crippen LogP contribution in [-0.2, 0) is 6.42 Å². The number of hydrogen-bond acceptors (Lipinski definition) is 3. The maximum atomic E-state index is 12.6. The molecule has 24 heavy (non-hydrogen) atoms. The lowest BCUT2D eigenvalue weighted by atomic mass is 10.0. The molecule has 4 nitrogen and oxygen atoms in total. The molecule has 1 heterocycles. The Kier molecular flexibility index (Phi) is 3.67. The smallest absolute Gasteiger partial charge is 0.251 e. The summed E-state index contributed by atoms with van der Waals surface area (Å²) in [7, 11) is 0. The molecule has 4 heteroatoms. The number of nitrogens with one attached hydrogen (secondary N) is 1. The van der Waals surface area contributed by atoms with Gasteiger partial charge in [0.25, 0.3) is 5.91 Å². The third-order valence-electron chi connectivity index (χ3n) is 4.47. The van der Waals surface area contributed by atoms with E-state index < -0.39 is 6.10 Å². The molecule has 2 aromatic carbocycles. The number of amides is 1. The van der Waals surface area contributed by atoms with Gasteiger partial charge in [0.05, 0.1) is 24.7 Å². The van der Waals surface area contributed by atoms with Crippen molar-refractivity contribution in [3.8, 4) is 11.1 Å². The van der Waals surface area contributed by atoms with Gasteiger partial charge in [-0.3, -0.25) is 4.79 Å². The molecule has 1 aliphatic rings. The number of carbonyl (C=O) groups is 1. The highest BCUT2D eigenvalue weighted by Gasteiger charge is 2.32. The largest absolute Gasteiger partial charge is 0.472 e. The maximum absolute atomic E-state index is 12.6. The molecule has 1 aliphatic carbocycles. The van der Waals surface area contributed by atoms with Crippen molar-refractivity contribution in [2.24, 2.45) is 0 Å². The van der Waals surface area contributed by atoms with Crippen LogP contribution in [0.2, 0.25) is 0 Å². The van der Waals surface area contributed by atoms with E-state index in [-0.39, 0.29) is 11.9 Å². The number of rotatable bonds is 3. The number of hydrogen-bond donors (Lipinski definition) is 2. The zero-order valence-electron chi connectivity index (χ0n) is 13.0. The summed E-state index contributed by atoms with van der Waals surface area (Å²) >= 11 is 0. The second-order valence-corrected chi connectivity index (χ2v) is 6.01. The quantitative estimate of drug-likeness (QED) is 0.778. The van der Waals surface area contributed by atoms with E-state index in [1.165, 1.54) is 0 Å². The van der Waals surface area contributed by atoms with Gasteiger partial charge >= 0.3 is 0 Å². The number of furan rings is 1. The number of benzene rings is 2. The van der Waals surface area contributed by atoms with Crippen molar-refractivity contribution in [2.75, 3.05) is 0 Å². The lowest BCUT2D eigenvalue weighted by Gasteiger charge is -2.18. The highest BCUT2D eigenvalue weighted by Crippen LogP contribution is 2.31. The van der Waals surface area contributed by atoms with Gasteiger partial charge in [-0.15, -0.1) is 0 Å². The molecule has 0 spiro atoms. The molecule has 0 aliphatic heterocycles. The van der Waals surface area contributed by atoms with E-state index in [2.05, 4.69) is 5.32 Å². The zero-order valence-corrected chi connectivity index (χ0v) is 13.0. The predicted octanol–water partition coefficient (Wildman–Crippen LogP) is 3.33. The Morgan fingerprint density at radius 3 is 2.79 bits per heavy atom. The van der Waals surface area contributed by atoms with E-state index in [4.69, 9.17) is 4.42 Å². The molecule has 0 saturated heterocycles. The normalized spacial score (nSPS) is 19.0. The fourth-order valence-electron chi connectivity index (χ4n) is 3.24. The molecule has 3 aromatic rings. The summed E-state index contributed by atoms with van der Waals surface area (Å²) in [5.74, 6) is -0.193. The van der Waals surface area contributed by atoms with Crippen LogP contribution in [-0.4, -0.2) is 17.1 Å². The molecule has 2 atom stereocenters. The van der Waals surface area contributed by atoms with Gasteiger partial charge in [0.15, 0.2) is 0 Å². The second-order valence-electron chi connectivity index (χ2n) is 6.01. The van der Waals surface area contributed by atoms with Crippen LogP contribution in [0.1, 0.15) is 27.5 Å². The first-order chi connectivity index (χ1) is 11.7. The van der Waals surface area contributed by atoms with Gasteiger partial charge < -0.3 is 14.8 Å². The van der Waals surface area contributed by atoms with E-state index in [9.17, 15) is 9.90 Å². The minimum atomic E-state index is -0.594. The van der Waals surface area contributed by atoms with Crippen molar-refractivity contribution in [1.82, 2.24) is 5.32 Å². The number of aliphatic hydroxyl groups is 1. The molecular formula is C20H17NO3. The average Bonchev–Trinajstić information content (AvgIpc) is 3.24. The van der Waals surface area contributed by atoms with Crippen LogP contribution in [0, 0.1) is 0 Å². The highest BCUT2D eigenvalue weighted by molar-refractivity contribution is 5.95. The van der Waals surface area contributed by atoms with Gasteiger partial charge in [0, 0.05) is 17.5 Å². The summed E-state index contributed by atoms with van der Waals surface area (Å²) < 4.78 is 5.10. The van der Waals surface area contributed by atoms with Gasteiger partial charge in [-0.25, -0.2) is 0 Å². The summed E-state index contributed by atoms with van der Waals surface area (Å²) in [5.41, 5.74) is 4.48. The summed E-state index contributed by atoms with van der Waals surface area (Å²) in [4.78, 5) is 12.6. The Morgan fingerprint density at radius 2 is 1.96 bits per heavy atom. The lowest BCUT2D eigenvalue weighted by molar-refractivity contribution is 0.0858. The molecule has 120 valence electrons. The van der Waals surface area contributed by atoms with Crippen molar-refractivity contribution in [3.63, 3.8) is 0 Å². The Hall–Kier alpha value is -2.85. The summed E-state index contributed by atoms with van der Waals surface area (Å²) in [6.45, 7) is 0. The van der Waals surface area contributed by atoms with E-state index >= 15 is 0 Å². The number of carbonyl (C=O) groups excluding carboxylic acids is 1. The molecule has 2 N–H and O–H groups in total. The van der Waals surface area contributed by atoms with E-state index in [1.54, 1.807) is 18.6 Å². The van der Waals surface area contributed by atoms with Crippen LogP contribution in [0.5, 0.6) is 0 Å². The molecule has 1 amide bonds. The molecule has 2 unspecified atom stereocenters. The Labute approximate surface area is 139 Å². The first-order valence-corrected chi connectivity index (χ1v) is 7.92. The van der Waals surface area contributed by atoms with Crippen LogP contribution in [0.4, 0.5) is 0 Å². The summed E-state index contributed by atoms with van der Waals surface area (Å²) in [5, 5.41) is 13.2. The molecule has 0 radical (unpaired) electrons. The second kappa shape index (κ2) is 5.98. The van der Waals surface area contributed by atoms with Crippen molar-refractivity contribution in [3.05, 3.63) is 83.8 Å². The molecule has 0 saturated carbocycles. The predicted molar refractivity (Wildman–Crippen MR) is 90.5 cm³/mol. The minimum absolute atomic E-state index is 0.193. The van der Waals surface area contributed by atoms with Crippen LogP contribution in [0.25, 0.3) is 11.1 Å². The van der Waals surface area contributed by atoms with E-state index in [0.29, 0.717) is 12.0 Å². The zero-order chi connectivity index (χ0) is 16.5. The highest BCUT2D eigenvalue weighted by atomic mass is 16.3. The lowest BCUT2D eigenvalue weighted by Crippen LogP contribution is -2.33. The average molecular weight is 319 g/mol. The van der Waals surface area contributed by atoms with Crippen LogP contribution >= 0.6 is 0 Å². The van der Waals surface area contributed by atoms with Gasteiger partial charge in [0.2, 0.25) is 0 Å². The topological polar surface area (TPSA) is 62.5 Å². The summed E-state index contributed by atoms with van der Waals surface area (Å²) in [6, 6.07) is 16.7. The Morgan fingerprint density at radius 1 is 1.08 bits per heavy atom. The molecule has 4 rings (SSSR count).